The number of methoxy groups -OCH3 is 2. The van der Waals surface area contributed by atoms with Gasteiger partial charge in [0.2, 0.25) is 0 Å². The van der Waals surface area contributed by atoms with Crippen molar-refractivity contribution in [2.75, 3.05) is 27.8 Å². The molecule has 0 aromatic heterocycles. The number of rotatable bonds is 5. The number of carbonyl (C=O) groups is 1. The van der Waals surface area contributed by atoms with Crippen LogP contribution in [0.1, 0.15) is 42.4 Å². The number of hydrogen-bond acceptors (Lipinski definition) is 6. The third-order valence-corrected chi connectivity index (χ3v) is 9.57. The molecule has 1 saturated heterocycles. The summed E-state index contributed by atoms with van der Waals surface area (Å²) in [5, 5.41) is 2.14. The van der Waals surface area contributed by atoms with E-state index in [1.54, 1.807) is 14.2 Å². The van der Waals surface area contributed by atoms with E-state index in [9.17, 15) is 4.79 Å². The molecule has 5 atom stereocenters. The van der Waals surface area contributed by atoms with E-state index in [2.05, 4.69) is 30.2 Å². The molecule has 3 aromatic rings. The maximum Gasteiger partial charge on any atom is 0.318 e. The number of benzene rings is 3. The van der Waals surface area contributed by atoms with Crippen molar-refractivity contribution in [3.05, 3.63) is 77.1 Å². The Hall–Kier alpha value is -3.51. The topological polar surface area (TPSA) is 57.2 Å². The van der Waals surface area contributed by atoms with Gasteiger partial charge in [-0.3, -0.25) is 4.79 Å². The first-order chi connectivity index (χ1) is 18.4. The lowest BCUT2D eigenvalue weighted by atomic mass is 9.53. The van der Waals surface area contributed by atoms with Crippen molar-refractivity contribution in [3.8, 4) is 17.2 Å². The first-order valence-electron chi connectivity index (χ1n) is 13.5. The summed E-state index contributed by atoms with van der Waals surface area (Å²) in [6, 6.07) is 16.7. The van der Waals surface area contributed by atoms with Crippen LogP contribution in [0.2, 0.25) is 0 Å². The summed E-state index contributed by atoms with van der Waals surface area (Å²) in [7, 11) is 5.59. The second-order valence-corrected chi connectivity index (χ2v) is 11.2. The van der Waals surface area contributed by atoms with Crippen molar-refractivity contribution in [2.24, 2.45) is 5.92 Å². The molecule has 2 heterocycles. The lowest BCUT2D eigenvalue weighted by Crippen LogP contribution is -2.63. The quantitative estimate of drug-likeness (QED) is 0.430. The minimum Gasteiger partial charge on any atom is -0.497 e. The zero-order valence-electron chi connectivity index (χ0n) is 22.3. The van der Waals surface area contributed by atoms with E-state index >= 15 is 0 Å². The van der Waals surface area contributed by atoms with Gasteiger partial charge in [-0.15, -0.1) is 0 Å². The molecule has 2 aliphatic heterocycles. The highest BCUT2D eigenvalue weighted by Gasteiger charge is 2.64. The molecule has 0 radical (unpaired) electrons. The number of esters is 1. The van der Waals surface area contributed by atoms with Crippen molar-refractivity contribution >= 4 is 16.7 Å². The number of allylic oxidation sites excluding steroid dienone is 1. The highest BCUT2D eigenvalue weighted by Crippen LogP contribution is 2.63. The summed E-state index contributed by atoms with van der Waals surface area (Å²) in [5.74, 6) is 2.81. The van der Waals surface area contributed by atoms with E-state index in [1.807, 2.05) is 43.3 Å². The molecular formula is C32H33NO5. The smallest absolute Gasteiger partial charge is 0.318 e. The molecule has 6 nitrogen and oxygen atoms in total. The largest absolute Gasteiger partial charge is 0.497 e. The number of likely N-dealkylation sites (N-methyl/N-ethyl adjacent to an activating group) is 1. The van der Waals surface area contributed by atoms with Gasteiger partial charge in [0.1, 0.15) is 11.5 Å². The monoisotopic (exact) mass is 511 g/mol. The van der Waals surface area contributed by atoms with Crippen LogP contribution in [0.15, 0.2) is 60.4 Å². The molecule has 2 aliphatic carbocycles. The zero-order valence-corrected chi connectivity index (χ0v) is 22.3. The van der Waals surface area contributed by atoms with Crippen LogP contribution >= 0.6 is 0 Å². The number of ether oxygens (including phenoxy) is 4. The van der Waals surface area contributed by atoms with Crippen LogP contribution in [-0.2, 0) is 21.4 Å². The average molecular weight is 512 g/mol. The first kappa shape index (κ1) is 23.6. The number of piperidine rings is 1. The molecule has 7 rings (SSSR count). The van der Waals surface area contributed by atoms with E-state index in [1.165, 1.54) is 11.1 Å². The van der Waals surface area contributed by atoms with E-state index in [0.29, 0.717) is 17.7 Å². The Kier molecular flexibility index (Phi) is 5.28. The fourth-order valence-electron chi connectivity index (χ4n) is 7.54. The van der Waals surface area contributed by atoms with E-state index in [0.717, 1.165) is 59.4 Å². The summed E-state index contributed by atoms with van der Waals surface area (Å²) in [5.41, 5.74) is 3.36. The Bertz CT molecular complexity index is 1490. The van der Waals surface area contributed by atoms with Crippen molar-refractivity contribution in [1.29, 1.82) is 0 Å². The zero-order chi connectivity index (χ0) is 26.2. The Morgan fingerprint density at radius 1 is 1.08 bits per heavy atom. The summed E-state index contributed by atoms with van der Waals surface area (Å²) < 4.78 is 24.0. The lowest BCUT2D eigenvalue weighted by molar-refractivity contribution is -0.144. The molecule has 2 bridgehead atoms. The van der Waals surface area contributed by atoms with Crippen LogP contribution in [0.25, 0.3) is 10.8 Å². The Morgan fingerprint density at radius 3 is 2.71 bits per heavy atom. The third kappa shape index (κ3) is 3.19. The fraction of sp³-hybridized carbons (Fsp3) is 0.406. The van der Waals surface area contributed by atoms with Crippen molar-refractivity contribution in [2.45, 2.75) is 49.7 Å². The Labute approximate surface area is 223 Å². The predicted molar refractivity (Wildman–Crippen MR) is 145 cm³/mol. The minimum absolute atomic E-state index is 0.190. The van der Waals surface area contributed by atoms with Gasteiger partial charge in [0.15, 0.2) is 17.6 Å². The van der Waals surface area contributed by atoms with Crippen molar-refractivity contribution in [3.63, 3.8) is 0 Å². The molecule has 3 aromatic carbocycles. The van der Waals surface area contributed by atoms with E-state index in [-0.39, 0.29) is 17.5 Å². The molecule has 6 heteroatoms. The van der Waals surface area contributed by atoms with Gasteiger partial charge < -0.3 is 23.8 Å². The summed E-state index contributed by atoms with van der Waals surface area (Å²) in [6.45, 7) is 2.91. The van der Waals surface area contributed by atoms with Gasteiger partial charge in [0, 0.05) is 17.0 Å². The van der Waals surface area contributed by atoms with Crippen LogP contribution in [0, 0.1) is 5.92 Å². The van der Waals surface area contributed by atoms with Crippen LogP contribution in [0.4, 0.5) is 0 Å². The van der Waals surface area contributed by atoms with Gasteiger partial charge in [-0.1, -0.05) is 30.3 Å². The number of carbonyl (C=O) groups excluding carboxylic acids is 1. The SMILES string of the molecule is COc1ccc2cc(C(C)C(=O)OC3=CCC4C5Cc6ccc(OC)c7c6C4(CCN5C)C3O7)ccc2c1. The molecule has 0 saturated carbocycles. The molecular weight excluding hydrogens is 478 g/mol. The van der Waals surface area contributed by atoms with Crippen molar-refractivity contribution in [1.82, 2.24) is 4.90 Å². The summed E-state index contributed by atoms with van der Waals surface area (Å²) in [4.78, 5) is 16.0. The second-order valence-electron chi connectivity index (χ2n) is 11.2. The normalized spacial score (nSPS) is 27.7. The molecule has 0 N–H and O–H groups in total. The van der Waals surface area contributed by atoms with Gasteiger partial charge in [0.05, 0.1) is 20.1 Å². The molecule has 1 spiro atoms. The number of nitrogens with zero attached hydrogens (tertiary/aromatic N) is 1. The van der Waals surface area contributed by atoms with Gasteiger partial charge >= 0.3 is 5.97 Å². The van der Waals surface area contributed by atoms with Crippen LogP contribution in [0.5, 0.6) is 17.2 Å². The highest BCUT2D eigenvalue weighted by molar-refractivity contribution is 5.87. The van der Waals surface area contributed by atoms with Gasteiger partial charge in [-0.2, -0.15) is 0 Å². The molecule has 0 amide bonds. The van der Waals surface area contributed by atoms with E-state index < -0.39 is 5.92 Å². The number of hydrogen-bond donors (Lipinski definition) is 0. The third-order valence-electron chi connectivity index (χ3n) is 9.57. The fourth-order valence-corrected chi connectivity index (χ4v) is 7.54. The van der Waals surface area contributed by atoms with Gasteiger partial charge in [-0.05, 0) is 91.9 Å². The number of likely N-dealkylation sites (tertiary alicyclic amines) is 1. The maximum atomic E-state index is 13.5. The Balaban J connectivity index is 1.21. The van der Waals surface area contributed by atoms with Gasteiger partial charge in [-0.25, -0.2) is 0 Å². The first-order valence-corrected chi connectivity index (χ1v) is 13.5. The molecule has 38 heavy (non-hydrogen) atoms. The van der Waals surface area contributed by atoms with Crippen molar-refractivity contribution < 1.29 is 23.7 Å². The summed E-state index contributed by atoms with van der Waals surface area (Å²) >= 11 is 0. The minimum atomic E-state index is -0.414. The second kappa shape index (κ2) is 8.50. The molecule has 4 aliphatic rings. The maximum absolute atomic E-state index is 13.5. The van der Waals surface area contributed by atoms with Gasteiger partial charge in [0.25, 0.3) is 0 Å². The summed E-state index contributed by atoms with van der Waals surface area (Å²) in [6.07, 6.45) is 4.66. The van der Waals surface area contributed by atoms with E-state index in [4.69, 9.17) is 18.9 Å². The average Bonchev–Trinajstić information content (AvgIpc) is 3.30. The Morgan fingerprint density at radius 2 is 1.89 bits per heavy atom. The lowest BCUT2D eigenvalue weighted by Gasteiger charge is -2.56. The predicted octanol–water partition coefficient (Wildman–Crippen LogP) is 5.37. The van der Waals surface area contributed by atoms with Crippen LogP contribution < -0.4 is 14.2 Å². The molecule has 196 valence electrons. The number of fused-ring (bicyclic) bond motifs is 1. The molecule has 1 fully saturated rings. The van der Waals surface area contributed by atoms with Crippen LogP contribution in [0.3, 0.4) is 0 Å². The van der Waals surface area contributed by atoms with Crippen LogP contribution in [-0.4, -0.2) is 50.8 Å². The highest BCUT2D eigenvalue weighted by atomic mass is 16.6. The molecule has 5 unspecified atom stereocenters. The standard InChI is InChI=1S/C32H33NO5/c1-18(19-5-6-21-16-23(35-3)9-7-20(21)15-19)31(34)37-27-12-10-24-25-17-22-8-11-26(36-4)29-28(22)32(24,30(27)38-29)13-14-33(25)2/h5-9,11-12,15-16,18,24-25,30H,10,13-14,17H2,1-4H3.